The molecule has 1 atom stereocenters. The quantitative estimate of drug-likeness (QED) is 0.544. The normalized spacial score (nSPS) is 12.1. The van der Waals surface area contributed by atoms with E-state index in [1.165, 1.54) is 30.9 Å². The Kier molecular flexibility index (Phi) is 7.12. The molecular weight excluding hydrogens is 358 g/mol. The van der Waals surface area contributed by atoms with Gasteiger partial charge in [-0.1, -0.05) is 38.1 Å². The Balaban J connectivity index is 2.07. The van der Waals surface area contributed by atoms with Gasteiger partial charge in [0.2, 0.25) is 5.91 Å². The molecule has 0 aliphatic carbocycles. The van der Waals surface area contributed by atoms with Crippen molar-refractivity contribution >= 4 is 17.3 Å². The van der Waals surface area contributed by atoms with Crippen LogP contribution in [-0.2, 0) is 11.3 Å². The molecule has 0 fully saturated rings. The van der Waals surface area contributed by atoms with Crippen LogP contribution in [0.5, 0.6) is 5.75 Å². The van der Waals surface area contributed by atoms with E-state index in [-0.39, 0.29) is 17.3 Å². The van der Waals surface area contributed by atoms with Crippen molar-refractivity contribution in [2.75, 3.05) is 19.5 Å². The van der Waals surface area contributed by atoms with Gasteiger partial charge in [-0.15, -0.1) is 0 Å². The first-order valence-electron chi connectivity index (χ1n) is 9.15. The molecule has 2 aromatic rings. The summed E-state index contributed by atoms with van der Waals surface area (Å²) in [5.74, 6) is 0.583. The van der Waals surface area contributed by atoms with E-state index in [4.69, 9.17) is 4.74 Å². The smallest absolute Gasteiger partial charge is 0.271 e. The van der Waals surface area contributed by atoms with Crippen molar-refractivity contribution in [1.82, 2.24) is 4.90 Å². The summed E-state index contributed by atoms with van der Waals surface area (Å²) in [4.78, 5) is 25.1. The standard InChI is InChI=1S/C21H27N3O4/c1-14(2)17-8-6-16(7-9-17)13-23(4)15(3)21(25)22-19-12-18(24(26)27)10-11-20(19)28-5/h6-12,14-15H,13H2,1-5H3,(H,22,25)/t15-/m0/s1. The first kappa shape index (κ1) is 21.4. The van der Waals surface area contributed by atoms with Crippen LogP contribution in [0.3, 0.4) is 0 Å². The van der Waals surface area contributed by atoms with E-state index in [2.05, 4.69) is 43.4 Å². The monoisotopic (exact) mass is 385 g/mol. The third-order valence-corrected chi connectivity index (χ3v) is 4.77. The fourth-order valence-electron chi connectivity index (χ4n) is 2.78. The van der Waals surface area contributed by atoms with E-state index >= 15 is 0 Å². The molecule has 0 saturated carbocycles. The second-order valence-corrected chi connectivity index (χ2v) is 7.12. The van der Waals surface area contributed by atoms with Crippen LogP contribution in [0.4, 0.5) is 11.4 Å². The fraction of sp³-hybridized carbons (Fsp3) is 0.381. The number of nitrogens with zero attached hydrogens (tertiary/aromatic N) is 2. The van der Waals surface area contributed by atoms with E-state index in [1.807, 2.05) is 11.9 Å². The highest BCUT2D eigenvalue weighted by atomic mass is 16.6. The van der Waals surface area contributed by atoms with Crippen LogP contribution in [0.2, 0.25) is 0 Å². The average Bonchev–Trinajstić information content (AvgIpc) is 2.67. The Bertz CT molecular complexity index is 834. The lowest BCUT2D eigenvalue weighted by Gasteiger charge is -2.24. The molecule has 7 heteroatoms. The molecule has 0 heterocycles. The molecule has 0 spiro atoms. The summed E-state index contributed by atoms with van der Waals surface area (Å²) >= 11 is 0. The highest BCUT2D eigenvalue weighted by molar-refractivity contribution is 5.96. The van der Waals surface area contributed by atoms with Crippen molar-refractivity contribution < 1.29 is 14.5 Å². The van der Waals surface area contributed by atoms with E-state index in [9.17, 15) is 14.9 Å². The van der Waals surface area contributed by atoms with Crippen LogP contribution < -0.4 is 10.1 Å². The number of nitrogens with one attached hydrogen (secondary N) is 1. The minimum Gasteiger partial charge on any atom is -0.495 e. The Morgan fingerprint density at radius 1 is 1.18 bits per heavy atom. The van der Waals surface area contributed by atoms with Crippen LogP contribution in [0.25, 0.3) is 0 Å². The molecule has 7 nitrogen and oxygen atoms in total. The summed E-state index contributed by atoms with van der Waals surface area (Å²) in [6.07, 6.45) is 0. The van der Waals surface area contributed by atoms with Gasteiger partial charge in [-0.25, -0.2) is 0 Å². The maximum absolute atomic E-state index is 12.7. The molecule has 0 aliphatic rings. The van der Waals surface area contributed by atoms with Crippen molar-refractivity contribution in [2.24, 2.45) is 0 Å². The summed E-state index contributed by atoms with van der Waals surface area (Å²) in [5.41, 5.74) is 2.56. The van der Waals surface area contributed by atoms with E-state index < -0.39 is 11.0 Å². The van der Waals surface area contributed by atoms with Gasteiger partial charge in [0.1, 0.15) is 5.75 Å². The SMILES string of the molecule is COc1ccc([N+](=O)[O-])cc1NC(=O)[C@H](C)N(C)Cc1ccc(C(C)C)cc1. The van der Waals surface area contributed by atoms with Gasteiger partial charge in [-0.3, -0.25) is 19.8 Å². The van der Waals surface area contributed by atoms with Crippen LogP contribution in [-0.4, -0.2) is 35.9 Å². The molecule has 2 rings (SSSR count). The van der Waals surface area contributed by atoms with Gasteiger partial charge >= 0.3 is 0 Å². The van der Waals surface area contributed by atoms with Gasteiger partial charge in [0.25, 0.3) is 5.69 Å². The molecule has 2 aromatic carbocycles. The zero-order chi connectivity index (χ0) is 20.8. The fourth-order valence-corrected chi connectivity index (χ4v) is 2.78. The molecule has 0 unspecified atom stereocenters. The first-order valence-corrected chi connectivity index (χ1v) is 9.15. The van der Waals surface area contributed by atoms with Crippen LogP contribution >= 0.6 is 0 Å². The number of likely N-dealkylation sites (N-methyl/N-ethyl adjacent to an activating group) is 1. The van der Waals surface area contributed by atoms with Crippen molar-refractivity contribution in [1.29, 1.82) is 0 Å². The first-order chi connectivity index (χ1) is 13.2. The topological polar surface area (TPSA) is 84.7 Å². The summed E-state index contributed by atoms with van der Waals surface area (Å²) < 4.78 is 5.20. The third kappa shape index (κ3) is 5.29. The second-order valence-electron chi connectivity index (χ2n) is 7.12. The van der Waals surface area contributed by atoms with Crippen molar-refractivity contribution in [3.05, 3.63) is 63.7 Å². The zero-order valence-corrected chi connectivity index (χ0v) is 16.9. The lowest BCUT2D eigenvalue weighted by Crippen LogP contribution is -2.39. The van der Waals surface area contributed by atoms with Gasteiger partial charge in [0, 0.05) is 18.7 Å². The van der Waals surface area contributed by atoms with Crippen molar-refractivity contribution in [3.8, 4) is 5.75 Å². The maximum Gasteiger partial charge on any atom is 0.271 e. The lowest BCUT2D eigenvalue weighted by molar-refractivity contribution is -0.384. The third-order valence-electron chi connectivity index (χ3n) is 4.77. The molecule has 0 saturated heterocycles. The molecular formula is C21H27N3O4. The van der Waals surface area contributed by atoms with E-state index in [0.717, 1.165) is 5.56 Å². The summed E-state index contributed by atoms with van der Waals surface area (Å²) in [6, 6.07) is 12.0. The molecule has 1 amide bonds. The van der Waals surface area contributed by atoms with Gasteiger partial charge in [0.05, 0.1) is 23.8 Å². The Hall–Kier alpha value is -2.93. The number of hydrogen-bond acceptors (Lipinski definition) is 5. The summed E-state index contributed by atoms with van der Waals surface area (Å²) in [5, 5.41) is 13.7. The number of benzene rings is 2. The molecule has 0 radical (unpaired) electrons. The van der Waals surface area contributed by atoms with Crippen molar-refractivity contribution in [2.45, 2.75) is 39.3 Å². The zero-order valence-electron chi connectivity index (χ0n) is 16.9. The Morgan fingerprint density at radius 3 is 2.36 bits per heavy atom. The molecule has 1 N–H and O–H groups in total. The minimum absolute atomic E-state index is 0.109. The minimum atomic E-state index is -0.508. The molecule has 0 bridgehead atoms. The number of carbonyl (C=O) groups excluding carboxylic acids is 1. The van der Waals surface area contributed by atoms with Crippen LogP contribution in [0.1, 0.15) is 37.8 Å². The number of ether oxygens (including phenoxy) is 1. The van der Waals surface area contributed by atoms with Crippen LogP contribution in [0.15, 0.2) is 42.5 Å². The molecule has 0 aromatic heterocycles. The van der Waals surface area contributed by atoms with Crippen LogP contribution in [0, 0.1) is 10.1 Å². The molecule has 0 aliphatic heterocycles. The summed E-state index contributed by atoms with van der Waals surface area (Å²) in [6.45, 7) is 6.70. The number of amides is 1. The van der Waals surface area contributed by atoms with E-state index in [0.29, 0.717) is 18.2 Å². The Morgan fingerprint density at radius 2 is 1.82 bits per heavy atom. The number of methoxy groups -OCH3 is 1. The Labute approximate surface area is 165 Å². The van der Waals surface area contributed by atoms with Gasteiger partial charge < -0.3 is 10.1 Å². The predicted molar refractivity (Wildman–Crippen MR) is 110 cm³/mol. The van der Waals surface area contributed by atoms with Gasteiger partial charge in [-0.2, -0.15) is 0 Å². The maximum atomic E-state index is 12.7. The number of rotatable bonds is 8. The number of anilines is 1. The molecule has 28 heavy (non-hydrogen) atoms. The highest BCUT2D eigenvalue weighted by Gasteiger charge is 2.21. The number of non-ortho nitro benzene ring substituents is 1. The average molecular weight is 385 g/mol. The number of nitro groups is 1. The summed E-state index contributed by atoms with van der Waals surface area (Å²) in [7, 11) is 3.32. The van der Waals surface area contributed by atoms with E-state index in [1.54, 1.807) is 6.92 Å². The van der Waals surface area contributed by atoms with Gasteiger partial charge in [-0.05, 0) is 37.1 Å². The second kappa shape index (κ2) is 9.32. The predicted octanol–water partition coefficient (Wildman–Crippen LogP) is 4.19. The lowest BCUT2D eigenvalue weighted by atomic mass is 10.0. The number of nitro benzene ring substituents is 1. The number of carbonyl (C=O) groups is 1. The highest BCUT2D eigenvalue weighted by Crippen LogP contribution is 2.29. The van der Waals surface area contributed by atoms with Crippen molar-refractivity contribution in [3.63, 3.8) is 0 Å². The largest absolute Gasteiger partial charge is 0.495 e. The molecule has 150 valence electrons. The number of hydrogen-bond donors (Lipinski definition) is 1. The van der Waals surface area contributed by atoms with Gasteiger partial charge in [0.15, 0.2) is 0 Å².